The first-order chi connectivity index (χ1) is 3.72. The molecule has 0 aliphatic heterocycles. The summed E-state index contributed by atoms with van der Waals surface area (Å²) in [6, 6.07) is 0. The normalized spacial score (nSPS) is 13.0. The van der Waals surface area contributed by atoms with Crippen LogP contribution in [-0.4, -0.2) is 7.05 Å². The van der Waals surface area contributed by atoms with E-state index in [1.165, 1.54) is 11.3 Å². The maximum Gasteiger partial charge on any atom is 0.00614 e. The van der Waals surface area contributed by atoms with E-state index in [4.69, 9.17) is 0 Å². The first-order valence-electron chi connectivity index (χ1n) is 3.06. The zero-order valence-corrected chi connectivity index (χ0v) is 6.21. The van der Waals surface area contributed by atoms with Gasteiger partial charge in [-0.05, 0) is 20.3 Å². The van der Waals surface area contributed by atoms with Crippen LogP contribution in [0.25, 0.3) is 0 Å². The molecule has 8 heavy (non-hydrogen) atoms. The predicted octanol–water partition coefficient (Wildman–Crippen LogP) is 2.16. The molecule has 0 radical (unpaired) electrons. The smallest absolute Gasteiger partial charge is 0.00614 e. The molecule has 0 aliphatic carbocycles. The molecule has 0 spiro atoms. The van der Waals surface area contributed by atoms with Crippen LogP contribution in [-0.2, 0) is 0 Å². The van der Waals surface area contributed by atoms with Crippen molar-refractivity contribution in [3.63, 3.8) is 0 Å². The van der Waals surface area contributed by atoms with Crippen molar-refractivity contribution in [1.29, 1.82) is 0 Å². The summed E-state index contributed by atoms with van der Waals surface area (Å²) >= 11 is 0. The van der Waals surface area contributed by atoms with Gasteiger partial charge < -0.3 is 5.32 Å². The molecule has 0 heterocycles. The van der Waals surface area contributed by atoms with Gasteiger partial charge in [-0.1, -0.05) is 12.5 Å². The third-order valence-electron chi connectivity index (χ3n) is 1.55. The SMILES string of the molecule is CC/C(C)=C(/C)NC.[HH]. The molecule has 0 rings (SSSR count). The van der Waals surface area contributed by atoms with Crippen LogP contribution in [0.1, 0.15) is 28.6 Å². The molecule has 0 saturated heterocycles. The highest BCUT2D eigenvalue weighted by molar-refractivity contribution is 5.05. The van der Waals surface area contributed by atoms with Crippen molar-refractivity contribution >= 4 is 0 Å². The van der Waals surface area contributed by atoms with E-state index in [9.17, 15) is 0 Å². The Hall–Kier alpha value is -0.460. The lowest BCUT2D eigenvalue weighted by molar-refractivity contribution is 0.921. The minimum atomic E-state index is 0. The molecular formula is C7H17N. The maximum absolute atomic E-state index is 3.10. The largest absolute Gasteiger partial charge is 0.392 e. The van der Waals surface area contributed by atoms with Crippen LogP contribution >= 0.6 is 0 Å². The number of hydrogen-bond acceptors (Lipinski definition) is 1. The average molecular weight is 115 g/mol. The molecule has 0 fully saturated rings. The van der Waals surface area contributed by atoms with Gasteiger partial charge in [0.15, 0.2) is 0 Å². The monoisotopic (exact) mass is 115 g/mol. The van der Waals surface area contributed by atoms with Gasteiger partial charge in [-0.15, -0.1) is 0 Å². The second kappa shape index (κ2) is 3.53. The van der Waals surface area contributed by atoms with Gasteiger partial charge in [-0.25, -0.2) is 0 Å². The summed E-state index contributed by atoms with van der Waals surface area (Å²) in [6.07, 6.45) is 1.15. The highest BCUT2D eigenvalue weighted by Crippen LogP contribution is 2.01. The van der Waals surface area contributed by atoms with Gasteiger partial charge in [-0.3, -0.25) is 0 Å². The highest BCUT2D eigenvalue weighted by Gasteiger charge is 1.87. The highest BCUT2D eigenvalue weighted by atomic mass is 14.8. The Bertz CT molecular complexity index is 85.1. The van der Waals surface area contributed by atoms with Crippen LogP contribution < -0.4 is 5.32 Å². The van der Waals surface area contributed by atoms with E-state index in [1.807, 2.05) is 7.05 Å². The van der Waals surface area contributed by atoms with Crippen LogP contribution in [0.5, 0.6) is 0 Å². The van der Waals surface area contributed by atoms with Crippen LogP contribution in [0.3, 0.4) is 0 Å². The summed E-state index contributed by atoms with van der Waals surface area (Å²) in [6.45, 7) is 6.40. The molecule has 0 aromatic carbocycles. The zero-order chi connectivity index (χ0) is 6.57. The third kappa shape index (κ3) is 2.01. The number of rotatable bonds is 2. The Morgan fingerprint density at radius 3 is 2.12 bits per heavy atom. The van der Waals surface area contributed by atoms with E-state index in [0.29, 0.717) is 0 Å². The summed E-state index contributed by atoms with van der Waals surface area (Å²) in [5.41, 5.74) is 2.74. The number of nitrogens with one attached hydrogen (secondary N) is 1. The van der Waals surface area contributed by atoms with Gasteiger partial charge >= 0.3 is 0 Å². The van der Waals surface area contributed by atoms with E-state index >= 15 is 0 Å². The van der Waals surface area contributed by atoms with Crippen molar-refractivity contribution in [3.05, 3.63) is 11.3 Å². The Labute approximate surface area is 53.3 Å². The van der Waals surface area contributed by atoms with Crippen LogP contribution in [0, 0.1) is 0 Å². The molecular weight excluding hydrogens is 98.1 g/mol. The van der Waals surface area contributed by atoms with Crippen molar-refractivity contribution in [3.8, 4) is 0 Å². The molecule has 1 N–H and O–H groups in total. The minimum absolute atomic E-state index is 0. The van der Waals surface area contributed by atoms with Gasteiger partial charge in [-0.2, -0.15) is 0 Å². The zero-order valence-electron chi connectivity index (χ0n) is 6.21. The van der Waals surface area contributed by atoms with Crippen molar-refractivity contribution in [1.82, 2.24) is 5.32 Å². The molecule has 50 valence electrons. The summed E-state index contributed by atoms with van der Waals surface area (Å²) in [5, 5.41) is 3.10. The second-order valence-corrected chi connectivity index (χ2v) is 2.01. The molecule has 0 aliphatic rings. The number of allylic oxidation sites excluding steroid dienone is 2. The standard InChI is InChI=1S/C7H15N.H2/c1-5-6(2)7(3)8-4;/h8H,5H2,1-4H3;1H/b7-6-;. The molecule has 0 saturated carbocycles. The van der Waals surface area contributed by atoms with Crippen molar-refractivity contribution in [2.45, 2.75) is 27.2 Å². The van der Waals surface area contributed by atoms with Crippen molar-refractivity contribution in [2.75, 3.05) is 7.05 Å². The molecule has 0 bridgehead atoms. The molecule has 1 heteroatoms. The first-order valence-corrected chi connectivity index (χ1v) is 3.06. The fraction of sp³-hybridized carbons (Fsp3) is 0.714. The first kappa shape index (κ1) is 7.54. The van der Waals surface area contributed by atoms with E-state index in [0.717, 1.165) is 6.42 Å². The second-order valence-electron chi connectivity index (χ2n) is 2.01. The summed E-state index contributed by atoms with van der Waals surface area (Å²) in [4.78, 5) is 0. The van der Waals surface area contributed by atoms with E-state index in [-0.39, 0.29) is 1.43 Å². The molecule has 0 unspecified atom stereocenters. The van der Waals surface area contributed by atoms with Crippen molar-refractivity contribution < 1.29 is 1.43 Å². The molecule has 1 nitrogen and oxygen atoms in total. The van der Waals surface area contributed by atoms with Gasteiger partial charge in [0.25, 0.3) is 0 Å². The quantitative estimate of drug-likeness (QED) is 0.581. The van der Waals surface area contributed by atoms with E-state index in [1.54, 1.807) is 0 Å². The lowest BCUT2D eigenvalue weighted by atomic mass is 10.2. The Morgan fingerprint density at radius 1 is 1.50 bits per heavy atom. The maximum atomic E-state index is 3.10. The van der Waals surface area contributed by atoms with Gasteiger partial charge in [0.05, 0.1) is 0 Å². The Kier molecular flexibility index (Phi) is 3.33. The summed E-state index contributed by atoms with van der Waals surface area (Å²) in [7, 11) is 1.95. The number of hydrogen-bond donors (Lipinski definition) is 1. The fourth-order valence-electron chi connectivity index (χ4n) is 0.479. The predicted molar refractivity (Wildman–Crippen MR) is 39.8 cm³/mol. The molecule has 0 amide bonds. The van der Waals surface area contributed by atoms with Crippen LogP contribution in [0.4, 0.5) is 0 Å². The summed E-state index contributed by atoms with van der Waals surface area (Å²) < 4.78 is 0. The molecule has 0 aromatic heterocycles. The van der Waals surface area contributed by atoms with Gasteiger partial charge in [0.1, 0.15) is 0 Å². The molecule has 0 aromatic rings. The summed E-state index contributed by atoms with van der Waals surface area (Å²) in [5.74, 6) is 0. The van der Waals surface area contributed by atoms with E-state index < -0.39 is 0 Å². The van der Waals surface area contributed by atoms with E-state index in [2.05, 4.69) is 26.1 Å². The lowest BCUT2D eigenvalue weighted by Crippen LogP contribution is -2.03. The minimum Gasteiger partial charge on any atom is -0.392 e. The average Bonchev–Trinajstić information content (AvgIpc) is 1.84. The van der Waals surface area contributed by atoms with Gasteiger partial charge in [0, 0.05) is 14.2 Å². The Balaban J connectivity index is 0. The lowest BCUT2D eigenvalue weighted by Gasteiger charge is -2.02. The van der Waals surface area contributed by atoms with Crippen LogP contribution in [0.15, 0.2) is 11.3 Å². The molecule has 0 atom stereocenters. The third-order valence-corrected chi connectivity index (χ3v) is 1.55. The fourth-order valence-corrected chi connectivity index (χ4v) is 0.479. The Morgan fingerprint density at radius 2 is 2.00 bits per heavy atom. The van der Waals surface area contributed by atoms with Crippen LogP contribution in [0.2, 0.25) is 0 Å². The van der Waals surface area contributed by atoms with Crippen molar-refractivity contribution in [2.24, 2.45) is 0 Å². The topological polar surface area (TPSA) is 12.0 Å². The van der Waals surface area contributed by atoms with Gasteiger partial charge in [0.2, 0.25) is 0 Å².